The maximum atomic E-state index is 3.89. The SMILES string of the molecule is C/N=C/C1=CCNC=C1. The van der Waals surface area contributed by atoms with Crippen LogP contribution >= 0.6 is 0 Å². The molecule has 0 aliphatic carbocycles. The molecule has 0 aromatic rings. The average Bonchev–Trinajstić information content (AvgIpc) is 1.91. The third-order valence-electron chi connectivity index (χ3n) is 1.13. The van der Waals surface area contributed by atoms with Crippen LogP contribution in [0.25, 0.3) is 0 Å². The van der Waals surface area contributed by atoms with E-state index in [-0.39, 0.29) is 0 Å². The Morgan fingerprint density at radius 2 is 2.67 bits per heavy atom. The van der Waals surface area contributed by atoms with Crippen LogP contribution in [-0.4, -0.2) is 19.8 Å². The van der Waals surface area contributed by atoms with E-state index in [0.717, 1.165) is 6.54 Å². The molecule has 2 heteroatoms. The highest BCUT2D eigenvalue weighted by Crippen LogP contribution is 1.94. The molecule has 1 aliphatic rings. The van der Waals surface area contributed by atoms with Crippen molar-refractivity contribution in [2.45, 2.75) is 0 Å². The fourth-order valence-electron chi connectivity index (χ4n) is 0.713. The Morgan fingerprint density at radius 3 is 3.22 bits per heavy atom. The highest BCUT2D eigenvalue weighted by atomic mass is 14.8. The lowest BCUT2D eigenvalue weighted by Gasteiger charge is -2.01. The van der Waals surface area contributed by atoms with Gasteiger partial charge in [-0.2, -0.15) is 0 Å². The van der Waals surface area contributed by atoms with Crippen LogP contribution in [0.3, 0.4) is 0 Å². The molecule has 0 spiro atoms. The van der Waals surface area contributed by atoms with Gasteiger partial charge in [0.25, 0.3) is 0 Å². The fraction of sp³-hybridized carbons (Fsp3) is 0.286. The number of hydrogen-bond acceptors (Lipinski definition) is 2. The van der Waals surface area contributed by atoms with E-state index >= 15 is 0 Å². The van der Waals surface area contributed by atoms with Crippen LogP contribution in [0.5, 0.6) is 0 Å². The first-order chi connectivity index (χ1) is 4.43. The molecular weight excluding hydrogens is 112 g/mol. The molecule has 0 aromatic heterocycles. The maximum absolute atomic E-state index is 3.89. The van der Waals surface area contributed by atoms with Crippen LogP contribution in [0.2, 0.25) is 0 Å². The number of aliphatic imine (C=N–C) groups is 1. The molecule has 0 atom stereocenters. The molecule has 9 heavy (non-hydrogen) atoms. The minimum Gasteiger partial charge on any atom is -0.387 e. The van der Waals surface area contributed by atoms with E-state index in [1.54, 1.807) is 7.05 Å². The summed E-state index contributed by atoms with van der Waals surface area (Å²) >= 11 is 0. The van der Waals surface area contributed by atoms with Crippen LogP contribution in [0.15, 0.2) is 28.9 Å². The second kappa shape index (κ2) is 3.07. The summed E-state index contributed by atoms with van der Waals surface area (Å²) in [5, 5.41) is 3.05. The van der Waals surface area contributed by atoms with Crippen molar-refractivity contribution in [3.8, 4) is 0 Å². The molecule has 0 fully saturated rings. The van der Waals surface area contributed by atoms with Gasteiger partial charge in [0.1, 0.15) is 0 Å². The Bertz CT molecular complexity index is 162. The molecule has 0 bridgehead atoms. The summed E-state index contributed by atoms with van der Waals surface area (Å²) in [4.78, 5) is 3.89. The van der Waals surface area contributed by atoms with Gasteiger partial charge in [-0.3, -0.25) is 4.99 Å². The van der Waals surface area contributed by atoms with Gasteiger partial charge in [0.05, 0.1) is 0 Å². The van der Waals surface area contributed by atoms with Crippen LogP contribution in [-0.2, 0) is 0 Å². The Kier molecular flexibility index (Phi) is 2.07. The molecule has 2 nitrogen and oxygen atoms in total. The van der Waals surface area contributed by atoms with Crippen molar-refractivity contribution in [3.05, 3.63) is 23.9 Å². The van der Waals surface area contributed by atoms with Gasteiger partial charge in [0, 0.05) is 19.8 Å². The lowest BCUT2D eigenvalue weighted by atomic mass is 10.2. The van der Waals surface area contributed by atoms with Gasteiger partial charge in [0.15, 0.2) is 0 Å². The molecule has 0 unspecified atom stereocenters. The first-order valence-corrected chi connectivity index (χ1v) is 2.96. The van der Waals surface area contributed by atoms with Crippen molar-refractivity contribution < 1.29 is 0 Å². The summed E-state index contributed by atoms with van der Waals surface area (Å²) in [6.45, 7) is 0.915. The normalized spacial score (nSPS) is 17.7. The van der Waals surface area contributed by atoms with Crippen molar-refractivity contribution >= 4 is 6.21 Å². The lowest BCUT2D eigenvalue weighted by Crippen LogP contribution is -2.08. The zero-order chi connectivity index (χ0) is 6.53. The summed E-state index contributed by atoms with van der Waals surface area (Å²) in [5.74, 6) is 0. The van der Waals surface area contributed by atoms with Gasteiger partial charge >= 0.3 is 0 Å². The van der Waals surface area contributed by atoms with E-state index in [1.165, 1.54) is 5.57 Å². The lowest BCUT2D eigenvalue weighted by molar-refractivity contribution is 0.967. The molecule has 0 saturated carbocycles. The van der Waals surface area contributed by atoms with Gasteiger partial charge < -0.3 is 5.32 Å². The average molecular weight is 122 g/mol. The summed E-state index contributed by atoms with van der Waals surface area (Å²) < 4.78 is 0. The summed E-state index contributed by atoms with van der Waals surface area (Å²) in [6.07, 6.45) is 7.86. The fourth-order valence-corrected chi connectivity index (χ4v) is 0.713. The predicted octanol–water partition coefficient (Wildman–Crippen LogP) is 0.730. The second-order valence-corrected chi connectivity index (χ2v) is 1.83. The van der Waals surface area contributed by atoms with Gasteiger partial charge in [-0.05, 0) is 17.8 Å². The van der Waals surface area contributed by atoms with Crippen molar-refractivity contribution in [1.29, 1.82) is 0 Å². The third-order valence-corrected chi connectivity index (χ3v) is 1.13. The topological polar surface area (TPSA) is 24.4 Å². The predicted molar refractivity (Wildman–Crippen MR) is 39.6 cm³/mol. The Hall–Kier alpha value is -1.05. The largest absolute Gasteiger partial charge is 0.387 e. The Morgan fingerprint density at radius 1 is 1.78 bits per heavy atom. The van der Waals surface area contributed by atoms with Gasteiger partial charge in [-0.1, -0.05) is 6.08 Å². The number of nitrogens with one attached hydrogen (secondary N) is 1. The number of dihydropyridines is 1. The number of rotatable bonds is 1. The van der Waals surface area contributed by atoms with E-state index in [4.69, 9.17) is 0 Å². The van der Waals surface area contributed by atoms with Crippen LogP contribution in [0.1, 0.15) is 0 Å². The minimum absolute atomic E-state index is 0.915. The molecule has 48 valence electrons. The molecule has 1 heterocycles. The van der Waals surface area contributed by atoms with Crippen molar-refractivity contribution in [2.24, 2.45) is 4.99 Å². The molecule has 1 aliphatic heterocycles. The number of allylic oxidation sites excluding steroid dienone is 2. The molecule has 0 radical (unpaired) electrons. The van der Waals surface area contributed by atoms with E-state index < -0.39 is 0 Å². The van der Waals surface area contributed by atoms with Crippen LogP contribution in [0, 0.1) is 0 Å². The second-order valence-electron chi connectivity index (χ2n) is 1.83. The first kappa shape index (κ1) is 6.08. The molecule has 0 aromatic carbocycles. The summed E-state index contributed by atoms with van der Waals surface area (Å²) in [6, 6.07) is 0. The van der Waals surface area contributed by atoms with Crippen molar-refractivity contribution in [2.75, 3.05) is 13.6 Å². The zero-order valence-electron chi connectivity index (χ0n) is 5.46. The first-order valence-electron chi connectivity index (χ1n) is 2.96. The van der Waals surface area contributed by atoms with Gasteiger partial charge in [-0.25, -0.2) is 0 Å². The van der Waals surface area contributed by atoms with Crippen LogP contribution in [0.4, 0.5) is 0 Å². The van der Waals surface area contributed by atoms with Crippen LogP contribution < -0.4 is 5.32 Å². The van der Waals surface area contributed by atoms with Gasteiger partial charge in [0.2, 0.25) is 0 Å². The van der Waals surface area contributed by atoms with E-state index in [2.05, 4.69) is 16.4 Å². The monoisotopic (exact) mass is 122 g/mol. The van der Waals surface area contributed by atoms with E-state index in [9.17, 15) is 0 Å². The molecule has 0 saturated heterocycles. The summed E-state index contributed by atoms with van der Waals surface area (Å²) in [5.41, 5.74) is 1.18. The smallest absolute Gasteiger partial charge is 0.0334 e. The Balaban J connectivity index is 2.58. The van der Waals surface area contributed by atoms with Gasteiger partial charge in [-0.15, -0.1) is 0 Å². The molecule has 0 amide bonds. The highest BCUT2D eigenvalue weighted by Gasteiger charge is 1.89. The van der Waals surface area contributed by atoms with Crippen molar-refractivity contribution in [1.82, 2.24) is 5.32 Å². The van der Waals surface area contributed by atoms with Crippen molar-refractivity contribution in [3.63, 3.8) is 0 Å². The quantitative estimate of drug-likeness (QED) is 0.509. The molecule has 1 N–H and O–H groups in total. The molecule has 1 rings (SSSR count). The summed E-state index contributed by atoms with van der Waals surface area (Å²) in [7, 11) is 1.77. The minimum atomic E-state index is 0.915. The number of hydrogen-bond donors (Lipinski definition) is 1. The molecular formula is C7H10N2. The number of nitrogens with zero attached hydrogens (tertiary/aromatic N) is 1. The highest BCUT2D eigenvalue weighted by molar-refractivity contribution is 5.82. The van der Waals surface area contributed by atoms with E-state index in [0.29, 0.717) is 0 Å². The maximum Gasteiger partial charge on any atom is 0.0334 e. The van der Waals surface area contributed by atoms with E-state index in [1.807, 2.05) is 18.5 Å². The standard InChI is InChI=1S/C7H10N2/c1-8-6-7-2-4-9-5-3-7/h2-4,6,9H,5H2,1H3/b8-6+. The third kappa shape index (κ3) is 1.72. The Labute approximate surface area is 55.0 Å². The zero-order valence-corrected chi connectivity index (χ0v) is 5.46.